The van der Waals surface area contributed by atoms with Crippen LogP contribution in [-0.4, -0.2) is 0 Å². The molecule has 2 aromatic carbocycles. The monoisotopic (exact) mass is 264 g/mol. The molecule has 2 heteroatoms. The molecule has 15 heavy (non-hydrogen) atoms. The maximum Gasteiger partial charge on any atom is 0.123 e. The van der Waals surface area contributed by atoms with Gasteiger partial charge in [-0.2, -0.15) is 0 Å². The molecule has 2 rings (SSSR count). The van der Waals surface area contributed by atoms with Crippen molar-refractivity contribution >= 4 is 15.9 Å². The van der Waals surface area contributed by atoms with E-state index in [4.69, 9.17) is 0 Å². The van der Waals surface area contributed by atoms with Crippen LogP contribution in [0.5, 0.6) is 0 Å². The summed E-state index contributed by atoms with van der Waals surface area (Å²) in [6, 6.07) is 12.7. The second-order valence-electron chi connectivity index (χ2n) is 3.49. The third-order valence-corrected chi connectivity index (χ3v) is 2.98. The van der Waals surface area contributed by atoms with Crippen molar-refractivity contribution in [2.45, 2.75) is 6.92 Å². The lowest BCUT2D eigenvalue weighted by Gasteiger charge is -2.05. The van der Waals surface area contributed by atoms with E-state index in [0.717, 1.165) is 15.6 Å². The normalized spacial score (nSPS) is 10.3. The average molecular weight is 265 g/mol. The predicted octanol–water partition coefficient (Wildman–Crippen LogP) is 4.56. The first-order valence-electron chi connectivity index (χ1n) is 4.69. The number of hydrogen-bond donors (Lipinski definition) is 0. The summed E-state index contributed by atoms with van der Waals surface area (Å²) in [5, 5.41) is 0. The van der Waals surface area contributed by atoms with E-state index in [9.17, 15) is 4.39 Å². The van der Waals surface area contributed by atoms with Gasteiger partial charge in [0.2, 0.25) is 0 Å². The van der Waals surface area contributed by atoms with Gasteiger partial charge in [0, 0.05) is 4.47 Å². The van der Waals surface area contributed by atoms with E-state index in [2.05, 4.69) is 15.9 Å². The highest BCUT2D eigenvalue weighted by Gasteiger charge is 2.03. The van der Waals surface area contributed by atoms with Crippen molar-refractivity contribution in [3.8, 4) is 11.1 Å². The van der Waals surface area contributed by atoms with Gasteiger partial charge in [0.25, 0.3) is 0 Å². The molecular formula is C13H10BrF. The first kappa shape index (κ1) is 10.4. The van der Waals surface area contributed by atoms with Crippen molar-refractivity contribution in [3.63, 3.8) is 0 Å². The zero-order valence-electron chi connectivity index (χ0n) is 8.30. The summed E-state index contributed by atoms with van der Waals surface area (Å²) in [5.41, 5.74) is 3.10. The summed E-state index contributed by atoms with van der Waals surface area (Å²) < 4.78 is 14.0. The third-order valence-electron chi connectivity index (χ3n) is 2.29. The predicted molar refractivity (Wildman–Crippen MR) is 64.3 cm³/mol. The fourth-order valence-electron chi connectivity index (χ4n) is 1.45. The summed E-state index contributed by atoms with van der Waals surface area (Å²) >= 11 is 3.42. The van der Waals surface area contributed by atoms with Gasteiger partial charge in [0.05, 0.1) is 0 Å². The summed E-state index contributed by atoms with van der Waals surface area (Å²) in [6.45, 7) is 2.03. The summed E-state index contributed by atoms with van der Waals surface area (Å²) in [4.78, 5) is 0. The largest absolute Gasteiger partial charge is 0.207 e. The maximum atomic E-state index is 13.1. The summed E-state index contributed by atoms with van der Waals surface area (Å²) in [5.74, 6) is -0.214. The van der Waals surface area contributed by atoms with Crippen molar-refractivity contribution < 1.29 is 4.39 Å². The molecule has 0 aliphatic rings. The van der Waals surface area contributed by atoms with Gasteiger partial charge in [-0.1, -0.05) is 45.8 Å². The quantitative estimate of drug-likeness (QED) is 0.708. The fourth-order valence-corrected chi connectivity index (χ4v) is 1.93. The molecule has 0 amide bonds. The molecule has 0 N–H and O–H groups in total. The molecule has 0 spiro atoms. The number of benzene rings is 2. The number of halogens is 2. The van der Waals surface area contributed by atoms with Crippen LogP contribution in [0.15, 0.2) is 46.9 Å². The highest BCUT2D eigenvalue weighted by Crippen LogP contribution is 2.28. The van der Waals surface area contributed by atoms with E-state index in [1.807, 2.05) is 31.2 Å². The smallest absolute Gasteiger partial charge is 0.123 e. The zero-order chi connectivity index (χ0) is 10.8. The lowest BCUT2D eigenvalue weighted by Crippen LogP contribution is -1.82. The molecule has 0 heterocycles. The van der Waals surface area contributed by atoms with Gasteiger partial charge in [-0.05, 0) is 36.2 Å². The van der Waals surface area contributed by atoms with Crippen LogP contribution < -0.4 is 0 Å². The Balaban J connectivity index is 2.53. The second kappa shape index (κ2) is 4.15. The maximum absolute atomic E-state index is 13.1. The van der Waals surface area contributed by atoms with E-state index >= 15 is 0 Å². The molecule has 0 atom stereocenters. The Kier molecular flexibility index (Phi) is 2.87. The molecule has 0 radical (unpaired) electrons. The Morgan fingerprint density at radius 3 is 2.33 bits per heavy atom. The van der Waals surface area contributed by atoms with Gasteiger partial charge >= 0.3 is 0 Å². The van der Waals surface area contributed by atoms with Gasteiger partial charge < -0.3 is 0 Å². The second-order valence-corrected chi connectivity index (χ2v) is 4.34. The van der Waals surface area contributed by atoms with E-state index in [1.54, 1.807) is 6.07 Å². The minimum absolute atomic E-state index is 0.214. The van der Waals surface area contributed by atoms with E-state index < -0.39 is 0 Å². The van der Waals surface area contributed by atoms with Crippen LogP contribution in [0, 0.1) is 12.7 Å². The summed E-state index contributed by atoms with van der Waals surface area (Å²) in [7, 11) is 0. The standard InChI is InChI=1S/C13H10BrF/c1-9-2-4-10(5-3-9)12-8-11(15)6-7-13(12)14/h2-8H,1H3. The van der Waals surface area contributed by atoms with Crippen LogP contribution in [0.1, 0.15) is 5.56 Å². The van der Waals surface area contributed by atoms with Crippen LogP contribution in [0.2, 0.25) is 0 Å². The molecule has 0 saturated carbocycles. The van der Waals surface area contributed by atoms with E-state index in [1.165, 1.54) is 17.7 Å². The molecular weight excluding hydrogens is 255 g/mol. The van der Waals surface area contributed by atoms with Gasteiger partial charge in [0.1, 0.15) is 5.82 Å². The Morgan fingerprint density at radius 2 is 1.67 bits per heavy atom. The molecule has 0 bridgehead atoms. The minimum Gasteiger partial charge on any atom is -0.207 e. The van der Waals surface area contributed by atoms with Crippen molar-refractivity contribution in [2.24, 2.45) is 0 Å². The van der Waals surface area contributed by atoms with Gasteiger partial charge in [-0.15, -0.1) is 0 Å². The first-order chi connectivity index (χ1) is 7.16. The fraction of sp³-hybridized carbons (Fsp3) is 0.0769. The van der Waals surface area contributed by atoms with Crippen LogP contribution in [0.25, 0.3) is 11.1 Å². The van der Waals surface area contributed by atoms with Gasteiger partial charge in [-0.3, -0.25) is 0 Å². The third kappa shape index (κ3) is 2.26. The molecule has 0 aromatic heterocycles. The topological polar surface area (TPSA) is 0 Å². The molecule has 0 aliphatic heterocycles. The molecule has 0 unspecified atom stereocenters. The molecule has 0 nitrogen and oxygen atoms in total. The molecule has 0 aliphatic carbocycles. The Hall–Kier alpha value is -1.15. The zero-order valence-corrected chi connectivity index (χ0v) is 9.88. The lowest BCUT2D eigenvalue weighted by molar-refractivity contribution is 0.628. The highest BCUT2D eigenvalue weighted by atomic mass is 79.9. The Bertz CT molecular complexity index is 474. The van der Waals surface area contributed by atoms with Gasteiger partial charge in [0.15, 0.2) is 0 Å². The van der Waals surface area contributed by atoms with Crippen molar-refractivity contribution in [2.75, 3.05) is 0 Å². The van der Waals surface area contributed by atoms with E-state index in [0.29, 0.717) is 0 Å². The van der Waals surface area contributed by atoms with Crippen LogP contribution in [0.4, 0.5) is 4.39 Å². The number of hydrogen-bond acceptors (Lipinski definition) is 0. The van der Waals surface area contributed by atoms with Crippen molar-refractivity contribution in [1.29, 1.82) is 0 Å². The molecule has 0 saturated heterocycles. The Labute approximate surface area is 96.9 Å². The van der Waals surface area contributed by atoms with Crippen molar-refractivity contribution in [3.05, 3.63) is 58.3 Å². The lowest BCUT2D eigenvalue weighted by atomic mass is 10.0. The van der Waals surface area contributed by atoms with Crippen LogP contribution in [0.3, 0.4) is 0 Å². The molecule has 76 valence electrons. The van der Waals surface area contributed by atoms with E-state index in [-0.39, 0.29) is 5.82 Å². The Morgan fingerprint density at radius 1 is 1.00 bits per heavy atom. The average Bonchev–Trinajstić information content (AvgIpc) is 2.23. The van der Waals surface area contributed by atoms with Gasteiger partial charge in [-0.25, -0.2) is 4.39 Å². The van der Waals surface area contributed by atoms with Crippen LogP contribution in [-0.2, 0) is 0 Å². The van der Waals surface area contributed by atoms with Crippen LogP contribution >= 0.6 is 15.9 Å². The summed E-state index contributed by atoms with van der Waals surface area (Å²) in [6.07, 6.45) is 0. The number of aryl methyl sites for hydroxylation is 1. The molecule has 0 fully saturated rings. The minimum atomic E-state index is -0.214. The SMILES string of the molecule is Cc1ccc(-c2cc(F)ccc2Br)cc1. The molecule has 2 aromatic rings. The van der Waals surface area contributed by atoms with Crippen molar-refractivity contribution in [1.82, 2.24) is 0 Å². The highest BCUT2D eigenvalue weighted by molar-refractivity contribution is 9.10. The number of rotatable bonds is 1. The first-order valence-corrected chi connectivity index (χ1v) is 5.48.